The summed E-state index contributed by atoms with van der Waals surface area (Å²) in [6.07, 6.45) is 0.994. The van der Waals surface area contributed by atoms with Crippen LogP contribution in [-0.4, -0.2) is 58.7 Å². The molecule has 2 aromatic carbocycles. The van der Waals surface area contributed by atoms with Crippen LogP contribution in [0.3, 0.4) is 0 Å². The molecule has 0 saturated carbocycles. The smallest absolute Gasteiger partial charge is 0.247 e. The quantitative estimate of drug-likeness (QED) is 0.588. The van der Waals surface area contributed by atoms with Gasteiger partial charge in [0.15, 0.2) is 0 Å². The highest BCUT2D eigenvalue weighted by molar-refractivity contribution is 7.19. The summed E-state index contributed by atoms with van der Waals surface area (Å²) in [5.74, 6) is 0.0256. The van der Waals surface area contributed by atoms with E-state index in [2.05, 4.69) is 42.2 Å². The maximum Gasteiger partial charge on any atom is 0.247 e. The molecule has 0 aliphatic carbocycles. The van der Waals surface area contributed by atoms with Crippen LogP contribution in [0.25, 0.3) is 10.1 Å². The van der Waals surface area contributed by atoms with Gasteiger partial charge in [0.25, 0.3) is 0 Å². The minimum Gasteiger partial charge on any atom is -0.327 e. The van der Waals surface area contributed by atoms with Crippen LogP contribution in [0.2, 0.25) is 0 Å². The molecule has 2 saturated heterocycles. The monoisotopic (exact) mass is 458 g/mol. The largest absolute Gasteiger partial charge is 0.327 e. The van der Waals surface area contributed by atoms with E-state index in [-0.39, 0.29) is 18.4 Å². The van der Waals surface area contributed by atoms with Crippen LogP contribution in [0, 0.1) is 11.3 Å². The van der Waals surface area contributed by atoms with Crippen LogP contribution in [0.15, 0.2) is 48.5 Å². The summed E-state index contributed by atoms with van der Waals surface area (Å²) >= 11 is 1.85. The Hall–Kier alpha value is -3.21. The molecule has 5 rings (SSSR count). The number of hydrogen-bond donors (Lipinski definition) is 0. The van der Waals surface area contributed by atoms with E-state index >= 15 is 0 Å². The molecule has 0 bridgehead atoms. The van der Waals surface area contributed by atoms with Crippen molar-refractivity contribution in [3.05, 3.63) is 70.1 Å². The topological polar surface area (TPSA) is 67.7 Å². The average molecular weight is 459 g/mol. The highest BCUT2D eigenvalue weighted by Crippen LogP contribution is 2.33. The number of nitriles is 1. The third-order valence-corrected chi connectivity index (χ3v) is 8.01. The van der Waals surface area contributed by atoms with Gasteiger partial charge in [-0.15, -0.1) is 11.3 Å². The van der Waals surface area contributed by atoms with E-state index in [0.717, 1.165) is 25.1 Å². The number of benzene rings is 2. The maximum absolute atomic E-state index is 13.4. The number of amides is 2. The number of carbonyl (C=O) groups excluding carboxylic acids is 2. The van der Waals surface area contributed by atoms with Gasteiger partial charge in [-0.25, -0.2) is 0 Å². The molecule has 2 amide bonds. The molecule has 2 fully saturated rings. The van der Waals surface area contributed by atoms with Crippen molar-refractivity contribution in [2.45, 2.75) is 32.5 Å². The molecule has 0 radical (unpaired) electrons. The van der Waals surface area contributed by atoms with Gasteiger partial charge in [-0.05, 0) is 41.1 Å². The van der Waals surface area contributed by atoms with Gasteiger partial charge < -0.3 is 9.80 Å². The Morgan fingerprint density at radius 2 is 1.85 bits per heavy atom. The number of fused-ring (bicyclic) bond motifs is 2. The summed E-state index contributed by atoms with van der Waals surface area (Å²) < 4.78 is 1.31. The second-order valence-corrected chi connectivity index (χ2v) is 9.83. The molecule has 0 spiro atoms. The van der Waals surface area contributed by atoms with Gasteiger partial charge >= 0.3 is 0 Å². The molecule has 7 heteroatoms. The molecular formula is C26H26N4O2S. The van der Waals surface area contributed by atoms with E-state index in [4.69, 9.17) is 5.26 Å². The van der Waals surface area contributed by atoms with Crippen molar-refractivity contribution in [3.63, 3.8) is 0 Å². The first-order valence-corrected chi connectivity index (χ1v) is 12.2. The van der Waals surface area contributed by atoms with Crippen molar-refractivity contribution >= 4 is 33.2 Å². The second kappa shape index (κ2) is 8.97. The summed E-state index contributed by atoms with van der Waals surface area (Å²) in [5, 5.41) is 10.3. The zero-order valence-electron chi connectivity index (χ0n) is 18.7. The molecule has 3 heterocycles. The van der Waals surface area contributed by atoms with Crippen molar-refractivity contribution in [2.24, 2.45) is 0 Å². The van der Waals surface area contributed by atoms with Crippen LogP contribution < -0.4 is 0 Å². The lowest BCUT2D eigenvalue weighted by atomic mass is 10.0. The Morgan fingerprint density at radius 1 is 1.06 bits per heavy atom. The van der Waals surface area contributed by atoms with Crippen molar-refractivity contribution < 1.29 is 9.59 Å². The summed E-state index contributed by atoms with van der Waals surface area (Å²) in [5.41, 5.74) is 2.87. The lowest BCUT2D eigenvalue weighted by Crippen LogP contribution is -2.66. The molecule has 2 aliphatic heterocycles. The first-order chi connectivity index (χ1) is 16.1. The van der Waals surface area contributed by atoms with Crippen molar-refractivity contribution in [1.29, 1.82) is 5.26 Å². The molecule has 0 N–H and O–H groups in total. The first-order valence-electron chi connectivity index (χ1n) is 11.4. The SMILES string of the molecule is CCc1sc2ccccc2c1CN1CCN2C(=O)CN(Cc3ccc(C#N)cc3)C(=O)C2C1. The Bertz CT molecular complexity index is 1240. The van der Waals surface area contributed by atoms with Crippen LogP contribution in [-0.2, 0) is 29.1 Å². The molecule has 3 aromatic rings. The van der Waals surface area contributed by atoms with Gasteiger partial charge in [-0.2, -0.15) is 5.26 Å². The van der Waals surface area contributed by atoms with Crippen molar-refractivity contribution in [1.82, 2.24) is 14.7 Å². The van der Waals surface area contributed by atoms with E-state index in [1.807, 2.05) is 23.5 Å². The molecular weight excluding hydrogens is 432 g/mol. The number of piperazine rings is 2. The van der Waals surface area contributed by atoms with Gasteiger partial charge in [0, 0.05) is 42.3 Å². The predicted molar refractivity (Wildman–Crippen MR) is 129 cm³/mol. The van der Waals surface area contributed by atoms with Crippen molar-refractivity contribution in [3.8, 4) is 6.07 Å². The third-order valence-electron chi connectivity index (χ3n) is 6.65. The van der Waals surface area contributed by atoms with Gasteiger partial charge in [0.2, 0.25) is 11.8 Å². The van der Waals surface area contributed by atoms with E-state index < -0.39 is 6.04 Å². The van der Waals surface area contributed by atoms with Crippen LogP contribution in [0.1, 0.15) is 28.5 Å². The number of hydrogen-bond acceptors (Lipinski definition) is 5. The molecule has 168 valence electrons. The van der Waals surface area contributed by atoms with Crippen LogP contribution in [0.5, 0.6) is 0 Å². The van der Waals surface area contributed by atoms with E-state index in [1.165, 1.54) is 20.5 Å². The van der Waals surface area contributed by atoms with Gasteiger partial charge in [0.1, 0.15) is 12.6 Å². The van der Waals surface area contributed by atoms with E-state index in [0.29, 0.717) is 25.2 Å². The highest BCUT2D eigenvalue weighted by atomic mass is 32.1. The fourth-order valence-corrected chi connectivity index (χ4v) is 6.06. The minimum absolute atomic E-state index is 0.00884. The van der Waals surface area contributed by atoms with Crippen LogP contribution >= 0.6 is 11.3 Å². The molecule has 1 unspecified atom stereocenters. The summed E-state index contributed by atoms with van der Waals surface area (Å²) in [6, 6.07) is 17.4. The highest BCUT2D eigenvalue weighted by Gasteiger charge is 2.42. The summed E-state index contributed by atoms with van der Waals surface area (Å²) in [7, 11) is 0. The van der Waals surface area contributed by atoms with Gasteiger partial charge in [-0.1, -0.05) is 37.3 Å². The van der Waals surface area contributed by atoms with Gasteiger partial charge in [-0.3, -0.25) is 14.5 Å². The van der Waals surface area contributed by atoms with Gasteiger partial charge in [0.05, 0.1) is 11.6 Å². The third kappa shape index (κ3) is 4.12. The first kappa shape index (κ1) is 21.6. The van der Waals surface area contributed by atoms with Crippen molar-refractivity contribution in [2.75, 3.05) is 26.2 Å². The summed E-state index contributed by atoms with van der Waals surface area (Å²) in [6.45, 7) is 5.41. The zero-order chi connectivity index (χ0) is 22.9. The fourth-order valence-electron chi connectivity index (χ4n) is 4.91. The standard InChI is InChI=1S/C26H26N4O2S/c1-2-23-21(20-5-3-4-6-24(20)33-23)15-28-11-12-30-22(16-28)26(32)29(17-25(30)31)14-19-9-7-18(13-27)8-10-19/h3-10,22H,2,11-12,14-17H2,1H3. The Balaban J connectivity index is 1.33. The number of aryl methyl sites for hydroxylation is 1. The number of nitrogens with zero attached hydrogens (tertiary/aromatic N) is 4. The Labute approximate surface area is 197 Å². The molecule has 1 aromatic heterocycles. The minimum atomic E-state index is -0.437. The maximum atomic E-state index is 13.4. The molecule has 2 aliphatic rings. The average Bonchev–Trinajstić information content (AvgIpc) is 3.20. The number of carbonyl (C=O) groups is 2. The molecule has 33 heavy (non-hydrogen) atoms. The normalized spacial score (nSPS) is 19.1. The molecule has 1 atom stereocenters. The molecule has 6 nitrogen and oxygen atoms in total. The van der Waals surface area contributed by atoms with E-state index in [1.54, 1.807) is 21.9 Å². The zero-order valence-corrected chi connectivity index (χ0v) is 19.5. The number of rotatable bonds is 5. The number of thiophene rings is 1. The second-order valence-electron chi connectivity index (χ2n) is 8.69. The predicted octanol–water partition coefficient (Wildman–Crippen LogP) is 3.39. The summed E-state index contributed by atoms with van der Waals surface area (Å²) in [4.78, 5) is 33.4. The lowest BCUT2D eigenvalue weighted by Gasteiger charge is -2.46. The lowest BCUT2D eigenvalue weighted by molar-refractivity contribution is -0.160. The Morgan fingerprint density at radius 3 is 2.61 bits per heavy atom. The Kier molecular flexibility index (Phi) is 5.88. The fraction of sp³-hybridized carbons (Fsp3) is 0.346. The van der Waals surface area contributed by atoms with E-state index in [9.17, 15) is 9.59 Å². The van der Waals surface area contributed by atoms with Crippen LogP contribution in [0.4, 0.5) is 0 Å².